The number of aliphatic hydroxyl groups excluding tert-OH is 1. The second-order valence-electron chi connectivity index (χ2n) is 9.65. The summed E-state index contributed by atoms with van der Waals surface area (Å²) in [5, 5.41) is 10.2. The molecule has 3 heteroatoms. The molecular weight excluding hydrogens is 346 g/mol. The Morgan fingerprint density at radius 1 is 1.11 bits per heavy atom. The number of benzene rings is 2. The summed E-state index contributed by atoms with van der Waals surface area (Å²) in [6, 6.07) is 14.9. The Morgan fingerprint density at radius 2 is 1.89 bits per heavy atom. The van der Waals surface area contributed by atoms with E-state index in [0.717, 1.165) is 43.4 Å². The van der Waals surface area contributed by atoms with Crippen molar-refractivity contribution in [2.75, 3.05) is 6.54 Å². The summed E-state index contributed by atoms with van der Waals surface area (Å²) in [7, 11) is 0. The van der Waals surface area contributed by atoms with Crippen molar-refractivity contribution in [2.45, 2.75) is 64.0 Å². The quantitative estimate of drug-likeness (QED) is 0.801. The minimum Gasteiger partial charge on any atom is -0.388 e. The van der Waals surface area contributed by atoms with Gasteiger partial charge in [-0.1, -0.05) is 51.1 Å². The molecule has 3 aliphatic rings. The first-order valence-electron chi connectivity index (χ1n) is 10.5. The zero-order valence-electron chi connectivity index (χ0n) is 17.0. The molecule has 1 unspecified atom stereocenters. The zero-order valence-corrected chi connectivity index (χ0v) is 17.0. The van der Waals surface area contributed by atoms with Crippen molar-refractivity contribution in [3.05, 3.63) is 70.3 Å². The summed E-state index contributed by atoms with van der Waals surface area (Å²) < 4.78 is 0. The number of likely N-dealkylation sites (tertiary alicyclic amines) is 1. The van der Waals surface area contributed by atoms with Gasteiger partial charge in [0, 0.05) is 23.6 Å². The van der Waals surface area contributed by atoms with Crippen LogP contribution in [0.5, 0.6) is 0 Å². The Hall–Kier alpha value is -2.13. The Morgan fingerprint density at radius 3 is 2.71 bits per heavy atom. The number of hydrogen-bond donors (Lipinski definition) is 1. The number of hydrogen-bond acceptors (Lipinski definition) is 2. The van der Waals surface area contributed by atoms with Crippen molar-refractivity contribution in [3.8, 4) is 0 Å². The normalized spacial score (nSPS) is 29.9. The third-order valence-electron chi connectivity index (χ3n) is 8.21. The molecule has 1 saturated heterocycles. The van der Waals surface area contributed by atoms with Gasteiger partial charge in [-0.2, -0.15) is 0 Å². The van der Waals surface area contributed by atoms with Gasteiger partial charge in [-0.25, -0.2) is 0 Å². The van der Waals surface area contributed by atoms with Gasteiger partial charge >= 0.3 is 0 Å². The van der Waals surface area contributed by atoms with E-state index >= 15 is 0 Å². The lowest BCUT2D eigenvalue weighted by molar-refractivity contribution is -0.0262. The van der Waals surface area contributed by atoms with Gasteiger partial charge in [0.1, 0.15) is 0 Å². The van der Waals surface area contributed by atoms with Crippen molar-refractivity contribution in [2.24, 2.45) is 5.41 Å². The van der Waals surface area contributed by atoms with E-state index in [9.17, 15) is 9.90 Å². The first-order valence-corrected chi connectivity index (χ1v) is 10.5. The van der Waals surface area contributed by atoms with E-state index in [0.29, 0.717) is 0 Å². The lowest BCUT2D eigenvalue weighted by Crippen LogP contribution is -2.64. The molecule has 146 valence electrons. The molecule has 28 heavy (non-hydrogen) atoms. The zero-order chi connectivity index (χ0) is 19.7. The van der Waals surface area contributed by atoms with Crippen LogP contribution in [0.15, 0.2) is 42.5 Å². The molecule has 1 N–H and O–H groups in total. The molecule has 5 rings (SSSR count). The van der Waals surface area contributed by atoms with Crippen LogP contribution in [-0.4, -0.2) is 28.5 Å². The first kappa shape index (κ1) is 17.9. The minimum atomic E-state index is -0.426. The molecular formula is C25H29NO2. The third-order valence-corrected chi connectivity index (χ3v) is 8.21. The van der Waals surface area contributed by atoms with Gasteiger partial charge in [0.25, 0.3) is 5.91 Å². The van der Waals surface area contributed by atoms with E-state index in [-0.39, 0.29) is 22.8 Å². The number of aryl methyl sites for hydroxylation is 1. The summed E-state index contributed by atoms with van der Waals surface area (Å²) in [6.45, 7) is 7.84. The van der Waals surface area contributed by atoms with Crippen LogP contribution in [0.2, 0.25) is 0 Å². The van der Waals surface area contributed by atoms with Crippen LogP contribution in [0, 0.1) is 5.41 Å². The second kappa shape index (κ2) is 5.93. The molecule has 2 aromatic rings. The molecule has 3 atom stereocenters. The molecule has 0 aromatic heterocycles. The molecule has 1 aliphatic heterocycles. The maximum Gasteiger partial charge on any atom is 0.254 e. The van der Waals surface area contributed by atoms with Gasteiger partial charge in [-0.15, -0.1) is 0 Å². The highest BCUT2D eigenvalue weighted by Gasteiger charge is 2.56. The fourth-order valence-corrected chi connectivity index (χ4v) is 5.99. The van der Waals surface area contributed by atoms with Gasteiger partial charge in [0.15, 0.2) is 0 Å². The molecule has 2 aliphatic carbocycles. The predicted molar refractivity (Wildman–Crippen MR) is 110 cm³/mol. The maximum absolute atomic E-state index is 13.6. The van der Waals surface area contributed by atoms with Crippen LogP contribution in [-0.2, 0) is 18.3 Å². The molecule has 0 saturated carbocycles. The molecule has 1 heterocycles. The van der Waals surface area contributed by atoms with Crippen molar-refractivity contribution in [3.63, 3.8) is 0 Å². The largest absolute Gasteiger partial charge is 0.388 e. The summed E-state index contributed by atoms with van der Waals surface area (Å²) in [5.41, 5.74) is 5.78. The number of aliphatic hydroxyl groups is 1. The number of amides is 1. The van der Waals surface area contributed by atoms with Crippen LogP contribution in [0.1, 0.15) is 72.3 Å². The second-order valence-corrected chi connectivity index (χ2v) is 9.65. The predicted octanol–water partition coefficient (Wildman–Crippen LogP) is 4.42. The van der Waals surface area contributed by atoms with Crippen LogP contribution >= 0.6 is 0 Å². The van der Waals surface area contributed by atoms with Gasteiger partial charge in [-0.3, -0.25) is 4.79 Å². The summed E-state index contributed by atoms with van der Waals surface area (Å²) in [6.07, 6.45) is 3.14. The topological polar surface area (TPSA) is 40.5 Å². The van der Waals surface area contributed by atoms with Crippen LogP contribution in [0.3, 0.4) is 0 Å². The number of rotatable bonds is 1. The first-order chi connectivity index (χ1) is 13.3. The third kappa shape index (κ3) is 2.29. The van der Waals surface area contributed by atoms with Crippen molar-refractivity contribution in [1.82, 2.24) is 4.90 Å². The van der Waals surface area contributed by atoms with Crippen molar-refractivity contribution >= 4 is 5.91 Å². The highest BCUT2D eigenvalue weighted by atomic mass is 16.3. The average molecular weight is 376 g/mol. The van der Waals surface area contributed by atoms with Crippen molar-refractivity contribution in [1.29, 1.82) is 0 Å². The van der Waals surface area contributed by atoms with Crippen LogP contribution in [0.4, 0.5) is 0 Å². The lowest BCUT2D eigenvalue weighted by atomic mass is 9.51. The number of fused-ring (bicyclic) bond motifs is 5. The minimum absolute atomic E-state index is 0.00546. The monoisotopic (exact) mass is 375 g/mol. The lowest BCUT2D eigenvalue weighted by Gasteiger charge is -2.60. The molecule has 0 spiro atoms. The van der Waals surface area contributed by atoms with Gasteiger partial charge in [0.05, 0.1) is 6.10 Å². The van der Waals surface area contributed by atoms with E-state index in [1.165, 1.54) is 16.7 Å². The number of piperidine rings is 1. The Bertz CT molecular complexity index is 963. The van der Waals surface area contributed by atoms with E-state index < -0.39 is 6.10 Å². The van der Waals surface area contributed by atoms with Gasteiger partial charge in [0.2, 0.25) is 0 Å². The molecule has 1 amide bonds. The fraction of sp³-hybridized carbons (Fsp3) is 0.480. The van der Waals surface area contributed by atoms with E-state index in [2.05, 4.69) is 49.9 Å². The average Bonchev–Trinajstić information content (AvgIpc) is 3.05. The smallest absolute Gasteiger partial charge is 0.254 e. The fourth-order valence-electron chi connectivity index (χ4n) is 5.99. The summed E-state index contributed by atoms with van der Waals surface area (Å²) >= 11 is 0. The number of nitrogens with zero attached hydrogens (tertiary/aromatic N) is 1. The van der Waals surface area contributed by atoms with Crippen molar-refractivity contribution < 1.29 is 9.90 Å². The Balaban J connectivity index is 1.53. The van der Waals surface area contributed by atoms with E-state index in [1.54, 1.807) is 0 Å². The summed E-state index contributed by atoms with van der Waals surface area (Å²) in [5.74, 6) is 0.112. The highest BCUT2D eigenvalue weighted by Crippen LogP contribution is 2.56. The molecule has 0 radical (unpaired) electrons. The molecule has 3 nitrogen and oxygen atoms in total. The Labute approximate surface area is 167 Å². The summed E-state index contributed by atoms with van der Waals surface area (Å²) in [4.78, 5) is 15.7. The number of carbonyl (C=O) groups is 1. The SMILES string of the molecule is CC1(C)[C@H]2Cc3ccccc3[C@]1(C)CCN2C(=O)c1ccc2c(c1)C(O)CC2. The molecule has 2 bridgehead atoms. The van der Waals surface area contributed by atoms with E-state index in [1.807, 2.05) is 18.2 Å². The maximum atomic E-state index is 13.6. The van der Waals surface area contributed by atoms with E-state index in [4.69, 9.17) is 0 Å². The Kier molecular flexibility index (Phi) is 3.80. The van der Waals surface area contributed by atoms with Crippen LogP contribution < -0.4 is 0 Å². The molecule has 2 aromatic carbocycles. The highest BCUT2D eigenvalue weighted by molar-refractivity contribution is 5.95. The number of carbonyl (C=O) groups excluding carboxylic acids is 1. The molecule has 1 fully saturated rings. The standard InChI is InChI=1S/C25H29NO2/c1-24(2)22-15-17-6-4-5-7-20(17)25(24,3)12-13-26(22)23(28)18-9-8-16-10-11-21(27)19(16)14-18/h4-9,14,21-22,27H,10-13,15H2,1-3H3/t21?,22-,25+/m1/s1. The van der Waals surface area contributed by atoms with Gasteiger partial charge < -0.3 is 10.0 Å². The van der Waals surface area contributed by atoms with Gasteiger partial charge in [-0.05, 0) is 65.5 Å². The van der Waals surface area contributed by atoms with Crippen LogP contribution in [0.25, 0.3) is 0 Å².